The first-order valence-electron chi connectivity index (χ1n) is 4.51. The number of benzene rings is 1. The van der Waals surface area contributed by atoms with Gasteiger partial charge in [-0.1, -0.05) is 0 Å². The Morgan fingerprint density at radius 1 is 1.36 bits per heavy atom. The van der Waals surface area contributed by atoms with Crippen LogP contribution in [0.25, 0.3) is 0 Å². The van der Waals surface area contributed by atoms with E-state index in [0.29, 0.717) is 5.56 Å². The van der Waals surface area contributed by atoms with Gasteiger partial charge in [-0.2, -0.15) is 0 Å². The van der Waals surface area contributed by atoms with Crippen molar-refractivity contribution < 1.29 is 9.90 Å². The number of carboxylic acids is 1. The fraction of sp³-hybridized carbons (Fsp3) is 0.300. The number of anilines is 1. The molecule has 1 heterocycles. The van der Waals surface area contributed by atoms with Crippen LogP contribution in [-0.2, 0) is 0 Å². The van der Waals surface area contributed by atoms with Crippen molar-refractivity contribution in [2.75, 3.05) is 16.6 Å². The molecule has 1 aliphatic heterocycles. The molecule has 1 aromatic carbocycles. The van der Waals surface area contributed by atoms with E-state index in [1.807, 2.05) is 12.1 Å². The number of hydrogen-bond donors (Lipinski definition) is 1. The standard InChI is InChI=1S/C10H11NO2S/c12-10(13)8-2-4-9(5-3-8)11-6-1-7-14-11/h2-5H,1,6-7H2,(H,12,13). The third kappa shape index (κ3) is 1.85. The van der Waals surface area contributed by atoms with Crippen LogP contribution in [0, 0.1) is 0 Å². The third-order valence-corrected chi connectivity index (χ3v) is 3.33. The molecule has 74 valence electrons. The summed E-state index contributed by atoms with van der Waals surface area (Å²) in [5.74, 6) is 0.284. The maximum absolute atomic E-state index is 10.6. The van der Waals surface area contributed by atoms with E-state index in [1.54, 1.807) is 24.1 Å². The first-order chi connectivity index (χ1) is 6.77. The normalized spacial score (nSPS) is 15.9. The smallest absolute Gasteiger partial charge is 0.335 e. The summed E-state index contributed by atoms with van der Waals surface area (Å²) in [5, 5.41) is 8.72. The van der Waals surface area contributed by atoms with Crippen molar-refractivity contribution in [2.24, 2.45) is 0 Å². The lowest BCUT2D eigenvalue weighted by atomic mass is 10.2. The van der Waals surface area contributed by atoms with Crippen molar-refractivity contribution in [2.45, 2.75) is 6.42 Å². The maximum Gasteiger partial charge on any atom is 0.335 e. The van der Waals surface area contributed by atoms with Crippen LogP contribution in [0.2, 0.25) is 0 Å². The number of nitrogens with zero attached hydrogens (tertiary/aromatic N) is 1. The van der Waals surface area contributed by atoms with Crippen molar-refractivity contribution in [3.63, 3.8) is 0 Å². The molecule has 14 heavy (non-hydrogen) atoms. The minimum Gasteiger partial charge on any atom is -0.478 e. The number of carboxylic acid groups (broad SMARTS) is 1. The minimum atomic E-state index is -0.870. The zero-order valence-corrected chi connectivity index (χ0v) is 8.46. The van der Waals surface area contributed by atoms with Gasteiger partial charge in [0.1, 0.15) is 0 Å². The summed E-state index contributed by atoms with van der Waals surface area (Å²) in [7, 11) is 0. The van der Waals surface area contributed by atoms with E-state index in [-0.39, 0.29) is 0 Å². The summed E-state index contributed by atoms with van der Waals surface area (Å²) in [5.41, 5.74) is 1.44. The number of rotatable bonds is 2. The highest BCUT2D eigenvalue weighted by molar-refractivity contribution is 8.00. The lowest BCUT2D eigenvalue weighted by Crippen LogP contribution is -2.08. The van der Waals surface area contributed by atoms with E-state index >= 15 is 0 Å². The van der Waals surface area contributed by atoms with E-state index in [2.05, 4.69) is 4.31 Å². The van der Waals surface area contributed by atoms with Crippen LogP contribution in [0.4, 0.5) is 5.69 Å². The molecule has 0 spiro atoms. The summed E-state index contributed by atoms with van der Waals surface area (Å²) in [6, 6.07) is 7.02. The fourth-order valence-electron chi connectivity index (χ4n) is 1.42. The minimum absolute atomic E-state index is 0.345. The largest absolute Gasteiger partial charge is 0.478 e. The summed E-state index contributed by atoms with van der Waals surface area (Å²) in [6.45, 7) is 1.05. The molecule has 0 amide bonds. The molecular formula is C10H11NO2S. The van der Waals surface area contributed by atoms with Gasteiger partial charge in [0.05, 0.1) is 5.56 Å². The Balaban J connectivity index is 2.16. The molecule has 1 saturated heterocycles. The molecule has 1 aromatic rings. The quantitative estimate of drug-likeness (QED) is 0.758. The van der Waals surface area contributed by atoms with Gasteiger partial charge < -0.3 is 9.41 Å². The van der Waals surface area contributed by atoms with Gasteiger partial charge in [-0.15, -0.1) is 0 Å². The highest BCUT2D eigenvalue weighted by Gasteiger charge is 2.13. The molecule has 1 N–H and O–H groups in total. The van der Waals surface area contributed by atoms with Crippen LogP contribution in [0.3, 0.4) is 0 Å². The molecule has 0 aromatic heterocycles. The van der Waals surface area contributed by atoms with E-state index in [9.17, 15) is 4.79 Å². The Morgan fingerprint density at radius 3 is 2.57 bits per heavy atom. The number of carbonyl (C=O) groups is 1. The van der Waals surface area contributed by atoms with Gasteiger partial charge in [-0.3, -0.25) is 0 Å². The van der Waals surface area contributed by atoms with Crippen LogP contribution in [-0.4, -0.2) is 23.4 Å². The lowest BCUT2D eigenvalue weighted by Gasteiger charge is -2.15. The summed E-state index contributed by atoms with van der Waals surface area (Å²) in [4.78, 5) is 10.6. The van der Waals surface area contributed by atoms with Crippen molar-refractivity contribution in [3.05, 3.63) is 29.8 Å². The number of hydrogen-bond acceptors (Lipinski definition) is 3. The summed E-state index contributed by atoms with van der Waals surface area (Å²) < 4.78 is 2.20. The first kappa shape index (κ1) is 9.40. The zero-order valence-electron chi connectivity index (χ0n) is 7.64. The molecule has 0 atom stereocenters. The van der Waals surface area contributed by atoms with E-state index in [4.69, 9.17) is 5.11 Å². The molecule has 3 nitrogen and oxygen atoms in total. The Hall–Kier alpha value is -1.16. The van der Waals surface area contributed by atoms with Crippen molar-refractivity contribution in [1.29, 1.82) is 0 Å². The molecule has 2 rings (SSSR count). The van der Waals surface area contributed by atoms with Crippen molar-refractivity contribution in [1.82, 2.24) is 0 Å². The third-order valence-electron chi connectivity index (χ3n) is 2.15. The highest BCUT2D eigenvalue weighted by atomic mass is 32.2. The van der Waals surface area contributed by atoms with Gasteiger partial charge in [0.25, 0.3) is 0 Å². The zero-order chi connectivity index (χ0) is 9.97. The lowest BCUT2D eigenvalue weighted by molar-refractivity contribution is 0.0697. The molecule has 0 aliphatic carbocycles. The molecule has 0 saturated carbocycles. The fourth-order valence-corrected chi connectivity index (χ4v) is 2.43. The van der Waals surface area contributed by atoms with Gasteiger partial charge in [-0.05, 0) is 42.6 Å². The Labute approximate surface area is 86.9 Å². The van der Waals surface area contributed by atoms with Crippen LogP contribution in [0.15, 0.2) is 24.3 Å². The van der Waals surface area contributed by atoms with Crippen LogP contribution in [0.5, 0.6) is 0 Å². The second kappa shape index (κ2) is 3.92. The molecular weight excluding hydrogens is 198 g/mol. The van der Waals surface area contributed by atoms with Crippen LogP contribution < -0.4 is 4.31 Å². The molecule has 1 fully saturated rings. The molecule has 0 radical (unpaired) electrons. The monoisotopic (exact) mass is 209 g/mol. The predicted octanol–water partition coefficient (Wildman–Crippen LogP) is 2.24. The number of aromatic carboxylic acids is 1. The molecule has 1 aliphatic rings. The SMILES string of the molecule is O=C(O)c1ccc(N2CCCS2)cc1. The Bertz CT molecular complexity index is 330. The summed E-state index contributed by atoms with van der Waals surface area (Å²) >= 11 is 1.80. The Morgan fingerprint density at radius 2 is 2.07 bits per heavy atom. The van der Waals surface area contributed by atoms with Crippen LogP contribution >= 0.6 is 11.9 Å². The van der Waals surface area contributed by atoms with E-state index in [1.165, 1.54) is 6.42 Å². The second-order valence-corrected chi connectivity index (χ2v) is 4.25. The molecule has 0 unspecified atom stereocenters. The highest BCUT2D eigenvalue weighted by Crippen LogP contribution is 2.28. The average Bonchev–Trinajstić information content (AvgIpc) is 2.71. The first-order valence-corrected chi connectivity index (χ1v) is 5.45. The summed E-state index contributed by atoms with van der Waals surface area (Å²) in [6.07, 6.45) is 1.20. The predicted molar refractivity (Wildman–Crippen MR) is 57.8 cm³/mol. The Kier molecular flexibility index (Phi) is 2.63. The average molecular weight is 209 g/mol. The van der Waals surface area contributed by atoms with Gasteiger partial charge in [0.2, 0.25) is 0 Å². The van der Waals surface area contributed by atoms with Gasteiger partial charge in [0.15, 0.2) is 0 Å². The van der Waals surface area contributed by atoms with E-state index in [0.717, 1.165) is 18.0 Å². The van der Waals surface area contributed by atoms with Crippen molar-refractivity contribution in [3.8, 4) is 0 Å². The van der Waals surface area contributed by atoms with Gasteiger partial charge >= 0.3 is 5.97 Å². The van der Waals surface area contributed by atoms with Crippen molar-refractivity contribution >= 4 is 23.6 Å². The molecule has 0 bridgehead atoms. The van der Waals surface area contributed by atoms with E-state index < -0.39 is 5.97 Å². The maximum atomic E-state index is 10.6. The second-order valence-electron chi connectivity index (χ2n) is 3.14. The van der Waals surface area contributed by atoms with Crippen LogP contribution in [0.1, 0.15) is 16.8 Å². The van der Waals surface area contributed by atoms with Gasteiger partial charge in [0, 0.05) is 18.0 Å². The molecule has 4 heteroatoms. The topological polar surface area (TPSA) is 40.5 Å². The van der Waals surface area contributed by atoms with Gasteiger partial charge in [-0.25, -0.2) is 4.79 Å².